The number of rotatable bonds is 1. The van der Waals surface area contributed by atoms with E-state index in [0.29, 0.717) is 11.4 Å². The third-order valence-electron chi connectivity index (χ3n) is 2.78. The van der Waals surface area contributed by atoms with Gasteiger partial charge in [0.2, 0.25) is 0 Å². The van der Waals surface area contributed by atoms with Crippen LogP contribution < -0.4 is 5.32 Å². The molecule has 1 aromatic carbocycles. The average molecular weight is 222 g/mol. The summed E-state index contributed by atoms with van der Waals surface area (Å²) in [5.74, 6) is -0.965. The van der Waals surface area contributed by atoms with Crippen LogP contribution in [0.15, 0.2) is 12.1 Å². The van der Waals surface area contributed by atoms with Gasteiger partial charge in [0.15, 0.2) is 0 Å². The smallest absolute Gasteiger partial charge is 0.149 e. The molecule has 0 atom stereocenters. The molecule has 2 nitrogen and oxygen atoms in total. The maximum absolute atomic E-state index is 13.7. The van der Waals surface area contributed by atoms with Crippen molar-refractivity contribution in [1.29, 1.82) is 0 Å². The summed E-state index contributed by atoms with van der Waals surface area (Å²) in [6, 6.07) is 2.22. The molecule has 2 rings (SSSR count). The zero-order chi connectivity index (χ0) is 11.9. The largest absolute Gasteiger partial charge is 0.387 e. The highest BCUT2D eigenvalue weighted by molar-refractivity contribution is 5.94. The molecule has 16 heavy (non-hydrogen) atoms. The minimum Gasteiger partial charge on any atom is -0.387 e. The van der Waals surface area contributed by atoms with Gasteiger partial charge in [-0.05, 0) is 31.5 Å². The maximum atomic E-state index is 13.7. The lowest BCUT2D eigenvalue weighted by Gasteiger charge is -2.12. The van der Waals surface area contributed by atoms with Crippen LogP contribution in [0.25, 0.3) is 10.9 Å². The molecule has 0 unspecified atom stereocenters. The summed E-state index contributed by atoms with van der Waals surface area (Å²) in [6.07, 6.45) is 0. The van der Waals surface area contributed by atoms with Crippen molar-refractivity contribution in [3.63, 3.8) is 0 Å². The molecule has 0 radical (unpaired) electrons. The highest BCUT2D eigenvalue weighted by atomic mass is 19.1. The first-order valence-electron chi connectivity index (χ1n) is 4.99. The van der Waals surface area contributed by atoms with Gasteiger partial charge in [-0.1, -0.05) is 0 Å². The van der Waals surface area contributed by atoms with E-state index in [4.69, 9.17) is 0 Å². The van der Waals surface area contributed by atoms with E-state index < -0.39 is 11.6 Å². The first-order valence-corrected chi connectivity index (χ1v) is 4.99. The van der Waals surface area contributed by atoms with E-state index in [0.717, 1.165) is 17.7 Å². The Balaban J connectivity index is 3.02. The second-order valence-electron chi connectivity index (χ2n) is 3.70. The summed E-state index contributed by atoms with van der Waals surface area (Å²) < 4.78 is 27.2. The molecule has 0 amide bonds. The molecule has 1 heterocycles. The summed E-state index contributed by atoms with van der Waals surface area (Å²) in [5, 5.41) is 3.11. The first-order chi connectivity index (χ1) is 7.56. The zero-order valence-corrected chi connectivity index (χ0v) is 9.36. The van der Waals surface area contributed by atoms with E-state index >= 15 is 0 Å². The number of benzene rings is 1. The number of nitrogens with zero attached hydrogens (tertiary/aromatic N) is 1. The van der Waals surface area contributed by atoms with Crippen molar-refractivity contribution in [3.8, 4) is 0 Å². The minimum absolute atomic E-state index is 0.0763. The van der Waals surface area contributed by atoms with E-state index in [1.165, 1.54) is 0 Å². The van der Waals surface area contributed by atoms with Crippen LogP contribution in [0, 0.1) is 25.5 Å². The van der Waals surface area contributed by atoms with Gasteiger partial charge in [0.1, 0.15) is 17.2 Å². The van der Waals surface area contributed by atoms with Gasteiger partial charge in [0.05, 0.1) is 11.1 Å². The number of nitrogens with one attached hydrogen (secondary N) is 1. The fraction of sp³-hybridized carbons (Fsp3) is 0.250. The number of anilines is 1. The topological polar surface area (TPSA) is 24.9 Å². The second kappa shape index (κ2) is 3.70. The number of hydrogen-bond donors (Lipinski definition) is 1. The molecule has 0 fully saturated rings. The van der Waals surface area contributed by atoms with Crippen LogP contribution in [0.2, 0.25) is 0 Å². The number of aromatic nitrogens is 1. The Bertz CT molecular complexity index is 565. The minimum atomic E-state index is -0.504. The van der Waals surface area contributed by atoms with Gasteiger partial charge >= 0.3 is 0 Å². The van der Waals surface area contributed by atoms with Gasteiger partial charge in [-0.2, -0.15) is 0 Å². The van der Waals surface area contributed by atoms with Gasteiger partial charge in [-0.25, -0.2) is 13.8 Å². The Morgan fingerprint density at radius 1 is 1.12 bits per heavy atom. The summed E-state index contributed by atoms with van der Waals surface area (Å²) >= 11 is 0. The van der Waals surface area contributed by atoms with Gasteiger partial charge in [0, 0.05) is 12.7 Å². The van der Waals surface area contributed by atoms with Crippen LogP contribution in [-0.2, 0) is 0 Å². The van der Waals surface area contributed by atoms with Crippen molar-refractivity contribution in [1.82, 2.24) is 4.98 Å². The number of pyridine rings is 1. The van der Waals surface area contributed by atoms with Crippen molar-refractivity contribution in [2.24, 2.45) is 0 Å². The normalized spacial score (nSPS) is 10.8. The van der Waals surface area contributed by atoms with Crippen molar-refractivity contribution >= 4 is 16.6 Å². The van der Waals surface area contributed by atoms with Crippen molar-refractivity contribution in [2.75, 3.05) is 12.4 Å². The molecule has 2 aromatic rings. The van der Waals surface area contributed by atoms with Crippen LogP contribution in [0.4, 0.5) is 14.5 Å². The molecule has 0 saturated carbocycles. The summed E-state index contributed by atoms with van der Waals surface area (Å²) in [6.45, 7) is 3.61. The Morgan fingerprint density at radius 3 is 2.38 bits per heavy atom. The number of hydrogen-bond acceptors (Lipinski definition) is 2. The van der Waals surface area contributed by atoms with Gasteiger partial charge in [-0.15, -0.1) is 0 Å². The fourth-order valence-electron chi connectivity index (χ4n) is 1.82. The molecule has 0 aliphatic carbocycles. The van der Waals surface area contributed by atoms with E-state index in [1.807, 2.05) is 6.92 Å². The van der Waals surface area contributed by atoms with Crippen molar-refractivity contribution in [2.45, 2.75) is 13.8 Å². The number of halogens is 2. The third kappa shape index (κ3) is 1.41. The van der Waals surface area contributed by atoms with E-state index in [-0.39, 0.29) is 10.9 Å². The van der Waals surface area contributed by atoms with E-state index in [2.05, 4.69) is 10.3 Å². The summed E-state index contributed by atoms with van der Waals surface area (Å²) in [5.41, 5.74) is 2.20. The maximum Gasteiger partial charge on any atom is 0.149 e. The van der Waals surface area contributed by atoms with E-state index in [9.17, 15) is 8.78 Å². The Labute approximate surface area is 92.3 Å². The fourth-order valence-corrected chi connectivity index (χ4v) is 1.82. The molecule has 0 aliphatic rings. The average Bonchev–Trinajstić information content (AvgIpc) is 2.26. The predicted molar refractivity (Wildman–Crippen MR) is 60.7 cm³/mol. The van der Waals surface area contributed by atoms with Gasteiger partial charge in [0.25, 0.3) is 0 Å². The number of fused-ring (bicyclic) bond motifs is 1. The molecule has 0 spiro atoms. The first kappa shape index (κ1) is 10.8. The molecule has 0 saturated heterocycles. The van der Waals surface area contributed by atoms with Crippen LogP contribution in [0.5, 0.6) is 0 Å². The molecule has 4 heteroatoms. The SMILES string of the molecule is CNc1c(C)c(C)nc2c(F)ccc(F)c12. The zero-order valence-electron chi connectivity index (χ0n) is 9.36. The van der Waals surface area contributed by atoms with Crippen LogP contribution in [0.3, 0.4) is 0 Å². The van der Waals surface area contributed by atoms with Crippen LogP contribution >= 0.6 is 0 Å². The molecule has 0 aliphatic heterocycles. The Hall–Kier alpha value is -1.71. The lowest BCUT2D eigenvalue weighted by atomic mass is 10.1. The van der Waals surface area contributed by atoms with Gasteiger partial charge < -0.3 is 5.32 Å². The molecule has 84 valence electrons. The lowest BCUT2D eigenvalue weighted by Crippen LogP contribution is -2.01. The summed E-state index contributed by atoms with van der Waals surface area (Å²) in [4.78, 5) is 4.09. The van der Waals surface area contributed by atoms with Crippen LogP contribution in [0.1, 0.15) is 11.3 Å². The highest BCUT2D eigenvalue weighted by Crippen LogP contribution is 2.30. The Kier molecular flexibility index (Phi) is 2.50. The van der Waals surface area contributed by atoms with Gasteiger partial charge in [-0.3, -0.25) is 0 Å². The summed E-state index contributed by atoms with van der Waals surface area (Å²) in [7, 11) is 1.69. The molecule has 0 bridgehead atoms. The molecule has 1 aromatic heterocycles. The standard InChI is InChI=1S/C12H12F2N2/c1-6-7(2)16-12-9(14)5-4-8(13)10(12)11(6)15-3/h4-5H,1-3H3,(H,15,16). The quantitative estimate of drug-likeness (QED) is 0.801. The van der Waals surface area contributed by atoms with E-state index in [1.54, 1.807) is 14.0 Å². The second-order valence-corrected chi connectivity index (χ2v) is 3.70. The molecular weight excluding hydrogens is 210 g/mol. The highest BCUT2D eigenvalue weighted by Gasteiger charge is 2.14. The van der Waals surface area contributed by atoms with Crippen LogP contribution in [-0.4, -0.2) is 12.0 Å². The molecular formula is C12H12F2N2. The number of aryl methyl sites for hydroxylation is 1. The monoisotopic (exact) mass is 222 g/mol. The van der Waals surface area contributed by atoms with Crippen molar-refractivity contribution in [3.05, 3.63) is 35.0 Å². The Morgan fingerprint density at radius 2 is 1.75 bits per heavy atom. The molecule has 1 N–H and O–H groups in total. The van der Waals surface area contributed by atoms with Crippen molar-refractivity contribution < 1.29 is 8.78 Å². The predicted octanol–water partition coefficient (Wildman–Crippen LogP) is 3.17. The third-order valence-corrected chi connectivity index (χ3v) is 2.78. The lowest BCUT2D eigenvalue weighted by molar-refractivity contribution is 0.615.